The van der Waals surface area contributed by atoms with E-state index in [-0.39, 0.29) is 5.91 Å². The minimum atomic E-state index is 0.0378. The molecule has 1 N–H and O–H groups in total. The molecule has 1 atom stereocenters. The second-order valence-corrected chi connectivity index (χ2v) is 3.83. The van der Waals surface area contributed by atoms with Crippen LogP contribution in [0.1, 0.15) is 20.3 Å². The number of amides is 1. The van der Waals surface area contributed by atoms with Crippen molar-refractivity contribution >= 4 is 17.3 Å². The molecule has 1 unspecified atom stereocenters. The van der Waals surface area contributed by atoms with Crippen LogP contribution in [0.5, 0.6) is 0 Å². The Morgan fingerprint density at radius 1 is 1.67 bits per heavy atom. The Labute approximate surface area is 89.3 Å². The van der Waals surface area contributed by atoms with Crippen molar-refractivity contribution in [2.45, 2.75) is 26.3 Å². The third-order valence-corrected chi connectivity index (χ3v) is 2.82. The lowest BCUT2D eigenvalue weighted by molar-refractivity contribution is -0.115. The fourth-order valence-corrected chi connectivity index (χ4v) is 1.78. The van der Waals surface area contributed by atoms with Gasteiger partial charge in [-0.25, -0.2) is 0 Å². The molecule has 2 heterocycles. The van der Waals surface area contributed by atoms with E-state index in [0.717, 1.165) is 17.8 Å². The third-order valence-electron chi connectivity index (χ3n) is 2.82. The Hall–Kier alpha value is -1.58. The monoisotopic (exact) mass is 205 g/mol. The van der Waals surface area contributed by atoms with Crippen LogP contribution in [0, 0.1) is 0 Å². The number of carbonyl (C=O) groups excluding carboxylic acids is 1. The molecule has 80 valence electrons. The predicted molar refractivity (Wildman–Crippen MR) is 60.0 cm³/mol. The molecule has 0 bridgehead atoms. The van der Waals surface area contributed by atoms with Crippen LogP contribution in [-0.2, 0) is 4.79 Å². The lowest BCUT2D eigenvalue weighted by Crippen LogP contribution is -2.43. The third kappa shape index (κ3) is 1.79. The first-order valence-electron chi connectivity index (χ1n) is 5.23. The first-order valence-corrected chi connectivity index (χ1v) is 5.23. The normalized spacial score (nSPS) is 16.9. The number of nitrogens with one attached hydrogen (secondary N) is 1. The summed E-state index contributed by atoms with van der Waals surface area (Å²) >= 11 is 0. The minimum absolute atomic E-state index is 0.0378. The van der Waals surface area contributed by atoms with Crippen molar-refractivity contribution in [2.75, 3.05) is 16.8 Å². The zero-order chi connectivity index (χ0) is 10.8. The van der Waals surface area contributed by atoms with E-state index >= 15 is 0 Å². The number of anilines is 2. The fourth-order valence-electron chi connectivity index (χ4n) is 1.78. The van der Waals surface area contributed by atoms with E-state index in [2.05, 4.69) is 29.0 Å². The average molecular weight is 205 g/mol. The van der Waals surface area contributed by atoms with E-state index in [0.29, 0.717) is 12.6 Å². The summed E-state index contributed by atoms with van der Waals surface area (Å²) in [4.78, 5) is 17.6. The summed E-state index contributed by atoms with van der Waals surface area (Å²) in [5.41, 5.74) is 1.88. The van der Waals surface area contributed by atoms with Gasteiger partial charge >= 0.3 is 0 Å². The van der Waals surface area contributed by atoms with E-state index in [1.807, 2.05) is 6.07 Å². The van der Waals surface area contributed by atoms with Crippen molar-refractivity contribution in [3.8, 4) is 0 Å². The van der Waals surface area contributed by atoms with Crippen LogP contribution < -0.4 is 10.2 Å². The second kappa shape index (κ2) is 3.88. The van der Waals surface area contributed by atoms with Gasteiger partial charge in [0.15, 0.2) is 0 Å². The van der Waals surface area contributed by atoms with E-state index in [1.54, 1.807) is 12.4 Å². The Bertz CT molecular complexity index is 378. The molecule has 1 aromatic rings. The molecule has 4 nitrogen and oxygen atoms in total. The first-order chi connectivity index (χ1) is 7.22. The first kappa shape index (κ1) is 9.96. The molecule has 0 fully saturated rings. The molecule has 0 aromatic carbocycles. The number of nitrogens with zero attached hydrogens (tertiary/aromatic N) is 2. The maximum atomic E-state index is 11.5. The van der Waals surface area contributed by atoms with Crippen LogP contribution in [0.25, 0.3) is 0 Å². The molecule has 0 saturated carbocycles. The number of aromatic nitrogens is 1. The van der Waals surface area contributed by atoms with Gasteiger partial charge < -0.3 is 10.2 Å². The summed E-state index contributed by atoms with van der Waals surface area (Å²) in [6, 6.07) is 2.32. The number of pyridine rings is 1. The summed E-state index contributed by atoms with van der Waals surface area (Å²) in [5, 5.41) is 2.83. The van der Waals surface area contributed by atoms with Crippen LogP contribution >= 0.6 is 0 Å². The van der Waals surface area contributed by atoms with Gasteiger partial charge in [0.05, 0.1) is 24.1 Å². The van der Waals surface area contributed by atoms with Gasteiger partial charge in [-0.2, -0.15) is 0 Å². The molecule has 1 aliphatic rings. The van der Waals surface area contributed by atoms with Crippen molar-refractivity contribution in [2.24, 2.45) is 0 Å². The van der Waals surface area contributed by atoms with E-state index in [1.165, 1.54) is 0 Å². The zero-order valence-corrected chi connectivity index (χ0v) is 9.03. The molecule has 1 aromatic heterocycles. The Morgan fingerprint density at radius 2 is 2.47 bits per heavy atom. The molecule has 1 aliphatic heterocycles. The Kier molecular flexibility index (Phi) is 2.58. The lowest BCUT2D eigenvalue weighted by Gasteiger charge is -2.34. The lowest BCUT2D eigenvalue weighted by atomic mass is 10.1. The number of hydrogen-bond acceptors (Lipinski definition) is 3. The summed E-state index contributed by atoms with van der Waals surface area (Å²) in [6.07, 6.45) is 4.47. The van der Waals surface area contributed by atoms with Crippen LogP contribution in [0.3, 0.4) is 0 Å². The number of carbonyl (C=O) groups is 1. The maximum Gasteiger partial charge on any atom is 0.244 e. The van der Waals surface area contributed by atoms with Gasteiger partial charge in [-0.05, 0) is 19.4 Å². The molecular formula is C11H15N3O. The highest BCUT2D eigenvalue weighted by Gasteiger charge is 2.24. The highest BCUT2D eigenvalue weighted by Crippen LogP contribution is 2.29. The summed E-state index contributed by atoms with van der Waals surface area (Å²) in [5.74, 6) is 0.0378. The van der Waals surface area contributed by atoms with E-state index in [9.17, 15) is 4.79 Å². The molecular weight excluding hydrogens is 190 g/mol. The van der Waals surface area contributed by atoms with Crippen LogP contribution in [-0.4, -0.2) is 23.5 Å². The SMILES string of the molecule is CCC(C)N1CC(=O)Nc2cnccc21. The largest absolute Gasteiger partial charge is 0.358 e. The summed E-state index contributed by atoms with van der Waals surface area (Å²) < 4.78 is 0. The second-order valence-electron chi connectivity index (χ2n) is 3.83. The van der Waals surface area contributed by atoms with E-state index < -0.39 is 0 Å². The summed E-state index contributed by atoms with van der Waals surface area (Å²) in [7, 11) is 0. The number of rotatable bonds is 2. The van der Waals surface area contributed by atoms with Crippen molar-refractivity contribution in [3.63, 3.8) is 0 Å². The van der Waals surface area contributed by atoms with Gasteiger partial charge in [0.25, 0.3) is 0 Å². The van der Waals surface area contributed by atoms with Gasteiger partial charge in [-0.3, -0.25) is 9.78 Å². The molecule has 1 amide bonds. The van der Waals surface area contributed by atoms with Crippen molar-refractivity contribution < 1.29 is 4.79 Å². The highest BCUT2D eigenvalue weighted by molar-refractivity contribution is 6.00. The molecule has 4 heteroatoms. The smallest absolute Gasteiger partial charge is 0.244 e. The van der Waals surface area contributed by atoms with Gasteiger partial charge in [0.1, 0.15) is 0 Å². The summed E-state index contributed by atoms with van der Waals surface area (Å²) in [6.45, 7) is 4.69. The van der Waals surface area contributed by atoms with Gasteiger partial charge in [0.2, 0.25) is 5.91 Å². The van der Waals surface area contributed by atoms with Gasteiger partial charge in [0, 0.05) is 12.2 Å². The average Bonchev–Trinajstić information content (AvgIpc) is 2.26. The molecule has 0 saturated heterocycles. The molecule has 2 rings (SSSR count). The van der Waals surface area contributed by atoms with Gasteiger partial charge in [-0.1, -0.05) is 6.92 Å². The zero-order valence-electron chi connectivity index (χ0n) is 9.03. The van der Waals surface area contributed by atoms with Crippen molar-refractivity contribution in [1.29, 1.82) is 0 Å². The number of fused-ring (bicyclic) bond motifs is 1. The molecule has 0 radical (unpaired) electrons. The minimum Gasteiger partial charge on any atom is -0.358 e. The van der Waals surface area contributed by atoms with Crippen molar-refractivity contribution in [3.05, 3.63) is 18.5 Å². The maximum absolute atomic E-state index is 11.5. The fraction of sp³-hybridized carbons (Fsp3) is 0.455. The predicted octanol–water partition coefficient (Wildman–Crippen LogP) is 1.64. The van der Waals surface area contributed by atoms with Crippen LogP contribution in [0.15, 0.2) is 18.5 Å². The topological polar surface area (TPSA) is 45.2 Å². The Balaban J connectivity index is 2.38. The van der Waals surface area contributed by atoms with E-state index in [4.69, 9.17) is 0 Å². The standard InChI is InChI=1S/C11H15N3O/c1-3-8(2)14-7-11(15)13-9-6-12-5-4-10(9)14/h4-6,8H,3,7H2,1-2H3,(H,13,15). The van der Waals surface area contributed by atoms with Gasteiger partial charge in [-0.15, -0.1) is 0 Å². The molecule has 15 heavy (non-hydrogen) atoms. The van der Waals surface area contributed by atoms with Crippen LogP contribution in [0.4, 0.5) is 11.4 Å². The number of hydrogen-bond donors (Lipinski definition) is 1. The molecule has 0 spiro atoms. The van der Waals surface area contributed by atoms with Crippen LogP contribution in [0.2, 0.25) is 0 Å². The quantitative estimate of drug-likeness (QED) is 0.798. The Morgan fingerprint density at radius 3 is 3.20 bits per heavy atom. The highest BCUT2D eigenvalue weighted by atomic mass is 16.2. The molecule has 0 aliphatic carbocycles. The van der Waals surface area contributed by atoms with Crippen molar-refractivity contribution in [1.82, 2.24) is 4.98 Å².